The third kappa shape index (κ3) is 2.55. The summed E-state index contributed by atoms with van der Waals surface area (Å²) in [7, 11) is 0. The van der Waals surface area contributed by atoms with E-state index >= 15 is 0 Å². The Morgan fingerprint density at radius 2 is 2.05 bits per heavy atom. The molecule has 2 heterocycles. The van der Waals surface area contributed by atoms with Gasteiger partial charge in [-0.1, -0.05) is 36.4 Å². The summed E-state index contributed by atoms with van der Waals surface area (Å²) in [4.78, 5) is 4.30. The first-order valence-corrected chi connectivity index (χ1v) is 8.31. The van der Waals surface area contributed by atoms with Crippen molar-refractivity contribution in [3.63, 3.8) is 0 Å². The number of aromatic nitrogens is 1. The fraction of sp³-hybridized carbons (Fsp3) is 0.421. The maximum absolute atomic E-state index is 4.30. The van der Waals surface area contributed by atoms with Gasteiger partial charge in [0, 0.05) is 31.0 Å². The first-order valence-electron chi connectivity index (χ1n) is 8.31. The highest BCUT2D eigenvalue weighted by Crippen LogP contribution is 2.47. The van der Waals surface area contributed by atoms with Crippen LogP contribution in [-0.4, -0.2) is 22.1 Å². The number of nitrogens with one attached hydrogen (secondary N) is 1. The molecular formula is C19H23N3. The molecule has 0 radical (unpaired) electrons. The van der Waals surface area contributed by atoms with Crippen LogP contribution in [0.15, 0.2) is 54.9 Å². The third-order valence-electron chi connectivity index (χ3n) is 5.39. The smallest absolute Gasteiger partial charge is 0.0388 e. The summed E-state index contributed by atoms with van der Waals surface area (Å²) >= 11 is 0. The monoisotopic (exact) mass is 293 g/mol. The molecule has 2 unspecified atom stereocenters. The van der Waals surface area contributed by atoms with Crippen molar-refractivity contribution < 1.29 is 0 Å². The Hall–Kier alpha value is -1.71. The molecule has 2 aromatic rings. The van der Waals surface area contributed by atoms with E-state index in [-0.39, 0.29) is 0 Å². The van der Waals surface area contributed by atoms with Crippen LogP contribution in [0, 0.1) is 0 Å². The lowest BCUT2D eigenvalue weighted by Gasteiger charge is -2.34. The van der Waals surface area contributed by atoms with E-state index in [1.54, 1.807) is 0 Å². The van der Waals surface area contributed by atoms with E-state index in [9.17, 15) is 0 Å². The second kappa shape index (κ2) is 5.82. The van der Waals surface area contributed by atoms with Crippen LogP contribution in [0.1, 0.15) is 42.7 Å². The van der Waals surface area contributed by atoms with Gasteiger partial charge in [-0.25, -0.2) is 5.01 Å². The minimum Gasteiger partial charge on any atom is -0.264 e. The van der Waals surface area contributed by atoms with Gasteiger partial charge >= 0.3 is 0 Å². The molecule has 2 aliphatic rings. The van der Waals surface area contributed by atoms with Crippen molar-refractivity contribution in [2.45, 2.75) is 43.7 Å². The van der Waals surface area contributed by atoms with Crippen molar-refractivity contribution in [1.82, 2.24) is 15.4 Å². The molecule has 1 aliphatic heterocycles. The van der Waals surface area contributed by atoms with E-state index in [4.69, 9.17) is 0 Å². The predicted octanol–water partition coefficient (Wildman–Crippen LogP) is 3.50. The van der Waals surface area contributed by atoms with Gasteiger partial charge in [0.1, 0.15) is 0 Å². The van der Waals surface area contributed by atoms with E-state index in [0.717, 1.165) is 13.1 Å². The number of pyridine rings is 1. The first kappa shape index (κ1) is 13.9. The molecule has 1 saturated heterocycles. The highest BCUT2D eigenvalue weighted by atomic mass is 15.6. The van der Waals surface area contributed by atoms with Gasteiger partial charge in [0.05, 0.1) is 0 Å². The van der Waals surface area contributed by atoms with Gasteiger partial charge in [0.15, 0.2) is 0 Å². The number of benzene rings is 1. The Morgan fingerprint density at radius 3 is 2.86 bits per heavy atom. The van der Waals surface area contributed by atoms with E-state index in [2.05, 4.69) is 57.9 Å². The molecule has 1 saturated carbocycles. The maximum atomic E-state index is 4.30. The van der Waals surface area contributed by atoms with Crippen LogP contribution >= 0.6 is 0 Å². The second-order valence-corrected chi connectivity index (χ2v) is 6.68. The number of hydrazine groups is 1. The number of rotatable bonds is 3. The Kier molecular flexibility index (Phi) is 3.68. The van der Waals surface area contributed by atoms with Crippen molar-refractivity contribution >= 4 is 0 Å². The average molecular weight is 293 g/mol. The zero-order valence-corrected chi connectivity index (χ0v) is 12.9. The molecule has 4 rings (SSSR count). The van der Waals surface area contributed by atoms with Gasteiger partial charge in [0.25, 0.3) is 0 Å². The lowest BCUT2D eigenvalue weighted by Crippen LogP contribution is -2.45. The van der Waals surface area contributed by atoms with Crippen LogP contribution in [0.4, 0.5) is 0 Å². The summed E-state index contributed by atoms with van der Waals surface area (Å²) < 4.78 is 0. The largest absolute Gasteiger partial charge is 0.264 e. The summed E-state index contributed by atoms with van der Waals surface area (Å²) in [6.45, 7) is 2.10. The molecule has 0 amide bonds. The molecule has 2 fully saturated rings. The Balaban J connectivity index is 1.51. The van der Waals surface area contributed by atoms with Crippen molar-refractivity contribution in [1.29, 1.82) is 0 Å². The lowest BCUT2D eigenvalue weighted by molar-refractivity contribution is 0.0856. The standard InChI is InChI=1S/C19H23N3/c1-2-5-16(6-3-1)15-22-19(10-12-21-22)9-8-17(13-19)18-7-4-11-20-14-18/h1-7,11,14,17,21H,8-10,12-13,15H2. The molecule has 1 aromatic heterocycles. The van der Waals surface area contributed by atoms with Crippen LogP contribution in [0.3, 0.4) is 0 Å². The third-order valence-corrected chi connectivity index (χ3v) is 5.39. The Bertz CT molecular complexity index is 613. The van der Waals surface area contributed by atoms with Crippen molar-refractivity contribution in [3.8, 4) is 0 Å². The number of hydrogen-bond donors (Lipinski definition) is 1. The molecule has 114 valence electrons. The van der Waals surface area contributed by atoms with Crippen LogP contribution in [-0.2, 0) is 6.54 Å². The highest BCUT2D eigenvalue weighted by molar-refractivity contribution is 5.21. The lowest BCUT2D eigenvalue weighted by atomic mass is 9.90. The molecule has 1 spiro atoms. The molecule has 1 aliphatic carbocycles. The van der Waals surface area contributed by atoms with E-state index < -0.39 is 0 Å². The summed E-state index contributed by atoms with van der Waals surface area (Å²) in [5, 5.41) is 2.51. The zero-order chi connectivity index (χ0) is 14.8. The SMILES string of the molecule is c1ccc(CN2NCCC23CCC(c2cccnc2)C3)cc1. The van der Waals surface area contributed by atoms with E-state index in [1.807, 2.05) is 12.4 Å². The van der Waals surface area contributed by atoms with Crippen LogP contribution in [0.25, 0.3) is 0 Å². The van der Waals surface area contributed by atoms with Crippen LogP contribution in [0.2, 0.25) is 0 Å². The van der Waals surface area contributed by atoms with Gasteiger partial charge in [-0.05, 0) is 48.8 Å². The highest BCUT2D eigenvalue weighted by Gasteiger charge is 2.46. The van der Waals surface area contributed by atoms with Gasteiger partial charge in [0.2, 0.25) is 0 Å². The molecule has 22 heavy (non-hydrogen) atoms. The Labute approximate surface area is 132 Å². The molecule has 2 atom stereocenters. The minimum absolute atomic E-state index is 0.330. The van der Waals surface area contributed by atoms with Gasteiger partial charge in [-0.2, -0.15) is 0 Å². The van der Waals surface area contributed by atoms with E-state index in [0.29, 0.717) is 11.5 Å². The molecule has 0 bridgehead atoms. The van der Waals surface area contributed by atoms with Crippen LogP contribution < -0.4 is 5.43 Å². The predicted molar refractivity (Wildman–Crippen MR) is 88.2 cm³/mol. The Morgan fingerprint density at radius 1 is 1.14 bits per heavy atom. The summed E-state index contributed by atoms with van der Waals surface area (Å²) in [5.74, 6) is 0.659. The van der Waals surface area contributed by atoms with Crippen LogP contribution in [0.5, 0.6) is 0 Å². The molecule has 1 N–H and O–H groups in total. The van der Waals surface area contributed by atoms with Crippen molar-refractivity contribution in [2.24, 2.45) is 0 Å². The minimum atomic E-state index is 0.330. The first-order chi connectivity index (χ1) is 10.9. The quantitative estimate of drug-likeness (QED) is 0.939. The summed E-state index contributed by atoms with van der Waals surface area (Å²) in [6.07, 6.45) is 8.99. The summed E-state index contributed by atoms with van der Waals surface area (Å²) in [6, 6.07) is 15.1. The van der Waals surface area contributed by atoms with Gasteiger partial charge in [-0.15, -0.1) is 0 Å². The fourth-order valence-corrected chi connectivity index (χ4v) is 4.20. The average Bonchev–Trinajstić information content (AvgIpc) is 3.18. The number of hydrogen-bond acceptors (Lipinski definition) is 3. The van der Waals surface area contributed by atoms with Gasteiger partial charge < -0.3 is 0 Å². The zero-order valence-electron chi connectivity index (χ0n) is 12.9. The molecular weight excluding hydrogens is 270 g/mol. The second-order valence-electron chi connectivity index (χ2n) is 6.68. The fourth-order valence-electron chi connectivity index (χ4n) is 4.20. The molecule has 1 aromatic carbocycles. The topological polar surface area (TPSA) is 28.2 Å². The van der Waals surface area contributed by atoms with Gasteiger partial charge in [-0.3, -0.25) is 10.4 Å². The van der Waals surface area contributed by atoms with Crippen molar-refractivity contribution in [2.75, 3.05) is 6.54 Å². The normalized spacial score (nSPS) is 28.5. The van der Waals surface area contributed by atoms with Crippen molar-refractivity contribution in [3.05, 3.63) is 66.0 Å². The number of nitrogens with zero attached hydrogens (tertiary/aromatic N) is 2. The maximum Gasteiger partial charge on any atom is 0.0388 e. The molecule has 3 heteroatoms. The van der Waals surface area contributed by atoms with E-state index in [1.165, 1.54) is 36.8 Å². The molecule has 3 nitrogen and oxygen atoms in total. The summed E-state index contributed by atoms with van der Waals surface area (Å²) in [5.41, 5.74) is 6.76.